The number of likely N-dealkylation sites (tertiary alicyclic amines) is 1. The largest absolute Gasteiger partial charge is 0.434 e. The Morgan fingerprint density at radius 2 is 2.33 bits per heavy atom. The van der Waals surface area contributed by atoms with Crippen LogP contribution in [0.3, 0.4) is 0 Å². The van der Waals surface area contributed by atoms with Gasteiger partial charge >= 0.3 is 6.09 Å². The van der Waals surface area contributed by atoms with Crippen LogP contribution in [-0.2, 0) is 4.84 Å². The molecule has 0 spiro atoms. The van der Waals surface area contributed by atoms with E-state index in [9.17, 15) is 4.79 Å². The molecule has 0 bridgehead atoms. The molecular weight excluding hydrogens is 262 g/mol. The van der Waals surface area contributed by atoms with Crippen molar-refractivity contribution in [1.82, 2.24) is 9.88 Å². The van der Waals surface area contributed by atoms with Gasteiger partial charge in [-0.05, 0) is 34.5 Å². The number of rotatable bonds is 2. The minimum absolute atomic E-state index is 0.343. The summed E-state index contributed by atoms with van der Waals surface area (Å²) in [6.07, 6.45) is 2.28. The predicted molar refractivity (Wildman–Crippen MR) is 58.2 cm³/mol. The summed E-state index contributed by atoms with van der Waals surface area (Å²) in [6.45, 7) is 1.55. The number of hydrogen-bond donors (Lipinski definition) is 1. The van der Waals surface area contributed by atoms with E-state index in [4.69, 9.17) is 4.84 Å². The minimum atomic E-state index is -0.343. The second-order valence-corrected chi connectivity index (χ2v) is 3.99. The highest BCUT2D eigenvalue weighted by Crippen LogP contribution is 2.12. The minimum Gasteiger partial charge on any atom is -0.324 e. The Hall–Kier alpha value is -1.30. The molecule has 80 valence electrons. The van der Waals surface area contributed by atoms with E-state index in [2.05, 4.69) is 26.4 Å². The number of carbonyl (C=O) groups excluding carboxylic acids is 1. The van der Waals surface area contributed by atoms with Crippen LogP contribution in [0.15, 0.2) is 22.9 Å². The van der Waals surface area contributed by atoms with Crippen molar-refractivity contribution in [2.75, 3.05) is 18.6 Å². The Morgan fingerprint density at radius 1 is 1.53 bits per heavy atom. The SMILES string of the molecule is O=C(ONc1ccc(Br)nc1)N1CCC1. The van der Waals surface area contributed by atoms with Crippen LogP contribution in [-0.4, -0.2) is 29.1 Å². The van der Waals surface area contributed by atoms with Crippen LogP contribution < -0.4 is 5.48 Å². The van der Waals surface area contributed by atoms with Gasteiger partial charge in [0.15, 0.2) is 0 Å². The molecule has 2 rings (SSSR count). The smallest absolute Gasteiger partial charge is 0.324 e. The van der Waals surface area contributed by atoms with Gasteiger partial charge in [0.2, 0.25) is 0 Å². The number of nitrogens with one attached hydrogen (secondary N) is 1. The summed E-state index contributed by atoms with van der Waals surface area (Å²) in [7, 11) is 0. The van der Waals surface area contributed by atoms with Gasteiger partial charge in [-0.1, -0.05) is 0 Å². The van der Waals surface area contributed by atoms with Crippen LogP contribution in [0, 0.1) is 0 Å². The molecule has 0 aromatic carbocycles. The van der Waals surface area contributed by atoms with Crippen molar-refractivity contribution in [2.45, 2.75) is 6.42 Å². The summed E-state index contributed by atoms with van der Waals surface area (Å²) < 4.78 is 0.738. The summed E-state index contributed by atoms with van der Waals surface area (Å²) >= 11 is 3.21. The molecule has 6 heteroatoms. The molecular formula is C9H10BrN3O2. The number of anilines is 1. The normalized spacial score (nSPS) is 14.3. The molecule has 0 saturated carbocycles. The third-order valence-electron chi connectivity index (χ3n) is 2.10. The standard InChI is InChI=1S/C9H10BrN3O2/c10-8-3-2-7(6-11-8)12-15-9(14)13-4-1-5-13/h2-3,6,12H,1,4-5H2. The van der Waals surface area contributed by atoms with Crippen molar-refractivity contribution in [3.05, 3.63) is 22.9 Å². The van der Waals surface area contributed by atoms with Gasteiger partial charge in [-0.15, -0.1) is 0 Å². The maximum Gasteiger partial charge on any atom is 0.434 e. The van der Waals surface area contributed by atoms with Crippen LogP contribution in [0.2, 0.25) is 0 Å². The second kappa shape index (κ2) is 4.48. The lowest BCUT2D eigenvalue weighted by Gasteiger charge is -2.29. The van der Waals surface area contributed by atoms with Crippen LogP contribution in [0.4, 0.5) is 10.5 Å². The van der Waals surface area contributed by atoms with Gasteiger partial charge < -0.3 is 9.74 Å². The number of amides is 1. The zero-order chi connectivity index (χ0) is 10.7. The molecule has 0 aliphatic carbocycles. The third-order valence-corrected chi connectivity index (χ3v) is 2.57. The molecule has 5 nitrogen and oxygen atoms in total. The van der Waals surface area contributed by atoms with Crippen LogP contribution in [0.5, 0.6) is 0 Å². The van der Waals surface area contributed by atoms with Crippen LogP contribution in [0.1, 0.15) is 6.42 Å². The van der Waals surface area contributed by atoms with Crippen molar-refractivity contribution in [2.24, 2.45) is 0 Å². The van der Waals surface area contributed by atoms with Crippen LogP contribution in [0.25, 0.3) is 0 Å². The Bertz CT molecular complexity index is 351. The highest BCUT2D eigenvalue weighted by atomic mass is 79.9. The van der Waals surface area contributed by atoms with E-state index >= 15 is 0 Å². The van der Waals surface area contributed by atoms with Gasteiger partial charge in [0.25, 0.3) is 0 Å². The van der Waals surface area contributed by atoms with Gasteiger partial charge in [0.05, 0.1) is 11.9 Å². The molecule has 15 heavy (non-hydrogen) atoms. The fourth-order valence-electron chi connectivity index (χ4n) is 1.10. The number of pyridine rings is 1. The maximum atomic E-state index is 11.3. The summed E-state index contributed by atoms with van der Waals surface area (Å²) in [5.41, 5.74) is 3.19. The Balaban J connectivity index is 1.82. The Morgan fingerprint density at radius 3 is 2.87 bits per heavy atom. The number of carbonyl (C=O) groups is 1. The number of aromatic nitrogens is 1. The van der Waals surface area contributed by atoms with E-state index in [1.807, 2.05) is 0 Å². The molecule has 1 aromatic rings. The van der Waals surface area contributed by atoms with E-state index < -0.39 is 0 Å². The zero-order valence-electron chi connectivity index (χ0n) is 7.94. The first-order chi connectivity index (χ1) is 7.25. The predicted octanol–water partition coefficient (Wildman–Crippen LogP) is 2.01. The maximum absolute atomic E-state index is 11.3. The van der Waals surface area contributed by atoms with Crippen molar-refractivity contribution in [3.63, 3.8) is 0 Å². The van der Waals surface area contributed by atoms with Gasteiger partial charge in [0.1, 0.15) is 4.60 Å². The molecule has 1 aliphatic heterocycles. The number of nitrogens with zero attached hydrogens (tertiary/aromatic N) is 2. The zero-order valence-corrected chi connectivity index (χ0v) is 9.53. The molecule has 1 N–H and O–H groups in total. The fraction of sp³-hybridized carbons (Fsp3) is 0.333. The van der Waals surface area contributed by atoms with E-state index in [0.29, 0.717) is 5.69 Å². The van der Waals surface area contributed by atoms with Crippen molar-refractivity contribution < 1.29 is 9.63 Å². The molecule has 1 amide bonds. The molecule has 0 radical (unpaired) electrons. The Kier molecular flexibility index (Phi) is 3.05. The van der Waals surface area contributed by atoms with E-state index in [-0.39, 0.29) is 6.09 Å². The summed E-state index contributed by atoms with van der Waals surface area (Å²) in [6, 6.07) is 3.53. The molecule has 2 heterocycles. The average molecular weight is 272 g/mol. The molecule has 0 unspecified atom stereocenters. The second-order valence-electron chi connectivity index (χ2n) is 3.18. The summed E-state index contributed by atoms with van der Waals surface area (Å²) in [5, 5.41) is 0. The lowest BCUT2D eigenvalue weighted by molar-refractivity contribution is 0.0981. The lowest BCUT2D eigenvalue weighted by Crippen LogP contribution is -2.43. The molecule has 1 saturated heterocycles. The molecule has 0 atom stereocenters. The van der Waals surface area contributed by atoms with Gasteiger partial charge in [-0.25, -0.2) is 15.3 Å². The quantitative estimate of drug-likeness (QED) is 0.661. The van der Waals surface area contributed by atoms with Gasteiger partial charge in [0, 0.05) is 13.1 Å². The van der Waals surface area contributed by atoms with Gasteiger partial charge in [-0.3, -0.25) is 0 Å². The fourth-order valence-corrected chi connectivity index (χ4v) is 1.34. The van der Waals surface area contributed by atoms with E-state index in [1.165, 1.54) is 0 Å². The average Bonchev–Trinajstić information content (AvgIpc) is 2.14. The topological polar surface area (TPSA) is 54.5 Å². The highest BCUT2D eigenvalue weighted by Gasteiger charge is 2.21. The lowest BCUT2D eigenvalue weighted by atomic mass is 10.2. The van der Waals surface area contributed by atoms with Gasteiger partial charge in [-0.2, -0.15) is 0 Å². The molecule has 1 aromatic heterocycles. The Labute approximate surface area is 95.5 Å². The third kappa shape index (κ3) is 2.59. The first kappa shape index (κ1) is 10.2. The van der Waals surface area contributed by atoms with Crippen molar-refractivity contribution >= 4 is 27.7 Å². The molecule has 1 aliphatic rings. The number of halogens is 1. The van der Waals surface area contributed by atoms with Crippen molar-refractivity contribution in [3.8, 4) is 0 Å². The van der Waals surface area contributed by atoms with Crippen molar-refractivity contribution in [1.29, 1.82) is 0 Å². The number of hydrogen-bond acceptors (Lipinski definition) is 4. The monoisotopic (exact) mass is 271 g/mol. The summed E-state index contributed by atoms with van der Waals surface area (Å²) in [4.78, 5) is 21.7. The van der Waals surface area contributed by atoms with E-state index in [0.717, 1.165) is 24.1 Å². The van der Waals surface area contributed by atoms with E-state index in [1.54, 1.807) is 23.2 Å². The summed E-state index contributed by atoms with van der Waals surface area (Å²) in [5.74, 6) is 0. The first-order valence-corrected chi connectivity index (χ1v) is 5.38. The van der Waals surface area contributed by atoms with Crippen LogP contribution >= 0.6 is 15.9 Å². The first-order valence-electron chi connectivity index (χ1n) is 4.59. The highest BCUT2D eigenvalue weighted by molar-refractivity contribution is 9.10. The molecule has 1 fully saturated rings.